The van der Waals surface area contributed by atoms with Crippen LogP contribution in [0.4, 0.5) is 0 Å². The Hall–Kier alpha value is -3.18. The summed E-state index contributed by atoms with van der Waals surface area (Å²) in [7, 11) is 0. The van der Waals surface area contributed by atoms with Crippen LogP contribution in [0, 0.1) is 6.92 Å². The Balaban J connectivity index is 1.61. The first-order valence-corrected chi connectivity index (χ1v) is 12.9. The van der Waals surface area contributed by atoms with Crippen LogP contribution in [0.15, 0.2) is 71.5 Å². The van der Waals surface area contributed by atoms with E-state index < -0.39 is 0 Å². The van der Waals surface area contributed by atoms with Crippen LogP contribution in [-0.2, 0) is 19.4 Å². The van der Waals surface area contributed by atoms with Gasteiger partial charge in [-0.1, -0.05) is 74.0 Å². The molecule has 0 spiro atoms. The molecule has 5 nitrogen and oxygen atoms in total. The van der Waals surface area contributed by atoms with Crippen molar-refractivity contribution >= 4 is 5.91 Å². The van der Waals surface area contributed by atoms with Crippen LogP contribution < -0.4 is 10.7 Å². The van der Waals surface area contributed by atoms with Crippen molar-refractivity contribution in [2.45, 2.75) is 58.5 Å². The van der Waals surface area contributed by atoms with Crippen LogP contribution in [0.5, 0.6) is 0 Å². The second-order valence-corrected chi connectivity index (χ2v) is 9.51. The summed E-state index contributed by atoms with van der Waals surface area (Å²) in [5.74, 6) is -0.289. The molecule has 35 heavy (non-hydrogen) atoms. The number of rotatable bonds is 9. The van der Waals surface area contributed by atoms with Crippen LogP contribution in [0.1, 0.15) is 65.1 Å². The van der Waals surface area contributed by atoms with Gasteiger partial charge in [-0.2, -0.15) is 0 Å². The Morgan fingerprint density at radius 2 is 1.60 bits per heavy atom. The number of amides is 1. The third kappa shape index (κ3) is 6.29. The number of likely N-dealkylation sites (tertiary alicyclic amines) is 1. The minimum atomic E-state index is -0.289. The molecule has 1 amide bonds. The van der Waals surface area contributed by atoms with Crippen molar-refractivity contribution in [2.24, 2.45) is 0 Å². The van der Waals surface area contributed by atoms with Gasteiger partial charge in [0.2, 0.25) is 0 Å². The van der Waals surface area contributed by atoms with Gasteiger partial charge in [-0.3, -0.25) is 9.59 Å². The third-order valence-corrected chi connectivity index (χ3v) is 7.07. The van der Waals surface area contributed by atoms with Crippen LogP contribution in [0.3, 0.4) is 0 Å². The molecule has 2 heterocycles. The summed E-state index contributed by atoms with van der Waals surface area (Å²) in [6.07, 6.45) is 5.10. The van der Waals surface area contributed by atoms with E-state index in [1.54, 1.807) is 6.07 Å². The molecule has 1 aliphatic rings. The molecule has 0 bridgehead atoms. The molecule has 5 heteroatoms. The number of benzene rings is 2. The van der Waals surface area contributed by atoms with Gasteiger partial charge >= 0.3 is 0 Å². The van der Waals surface area contributed by atoms with E-state index in [1.807, 2.05) is 62.4 Å². The van der Waals surface area contributed by atoms with E-state index in [4.69, 9.17) is 0 Å². The first-order valence-electron chi connectivity index (χ1n) is 12.9. The molecule has 1 aliphatic heterocycles. The molecule has 4 rings (SSSR count). The zero-order chi connectivity index (χ0) is 24.6. The summed E-state index contributed by atoms with van der Waals surface area (Å²) in [6, 6.07) is 21.5. The highest BCUT2D eigenvalue weighted by atomic mass is 16.2. The van der Waals surface area contributed by atoms with Gasteiger partial charge in [0.15, 0.2) is 5.43 Å². The second kappa shape index (κ2) is 12.0. The minimum Gasteiger partial charge on any atom is -0.347 e. The summed E-state index contributed by atoms with van der Waals surface area (Å²) >= 11 is 0. The van der Waals surface area contributed by atoms with Crippen LogP contribution in [-0.4, -0.2) is 35.0 Å². The number of nitrogens with one attached hydrogen (secondary N) is 1. The number of nitrogens with zero attached hydrogens (tertiary/aromatic N) is 2. The lowest BCUT2D eigenvalue weighted by Gasteiger charge is -2.28. The summed E-state index contributed by atoms with van der Waals surface area (Å²) in [6.45, 7) is 8.00. The molecule has 1 N–H and O–H groups in total. The Kier molecular flexibility index (Phi) is 8.54. The van der Waals surface area contributed by atoms with E-state index in [0.29, 0.717) is 12.8 Å². The molecule has 184 valence electrons. The number of hydrogen-bond acceptors (Lipinski definition) is 3. The molecule has 0 saturated carbocycles. The zero-order valence-corrected chi connectivity index (χ0v) is 21.0. The van der Waals surface area contributed by atoms with Gasteiger partial charge in [-0.15, -0.1) is 0 Å². The smallest absolute Gasteiger partial charge is 0.257 e. The molecule has 2 aromatic carbocycles. The maximum absolute atomic E-state index is 13.7. The Bertz CT molecular complexity index is 1170. The highest BCUT2D eigenvalue weighted by Gasteiger charge is 2.23. The predicted octanol–water partition coefficient (Wildman–Crippen LogP) is 4.92. The lowest BCUT2D eigenvalue weighted by atomic mass is 9.98. The predicted molar refractivity (Wildman–Crippen MR) is 142 cm³/mol. The van der Waals surface area contributed by atoms with Crippen LogP contribution >= 0.6 is 0 Å². The van der Waals surface area contributed by atoms with Crippen molar-refractivity contribution in [2.75, 3.05) is 19.6 Å². The van der Waals surface area contributed by atoms with E-state index in [-0.39, 0.29) is 22.9 Å². The maximum atomic E-state index is 13.7. The highest BCUT2D eigenvalue weighted by Crippen LogP contribution is 2.20. The van der Waals surface area contributed by atoms with E-state index in [9.17, 15) is 9.59 Å². The average Bonchev–Trinajstić information content (AvgIpc) is 2.89. The number of aromatic nitrogens is 1. The average molecular weight is 472 g/mol. The third-order valence-electron chi connectivity index (χ3n) is 7.07. The van der Waals surface area contributed by atoms with E-state index in [1.165, 1.54) is 19.3 Å². The van der Waals surface area contributed by atoms with E-state index in [2.05, 4.69) is 26.9 Å². The van der Waals surface area contributed by atoms with Crippen molar-refractivity contribution in [1.29, 1.82) is 0 Å². The number of hydrogen-bond donors (Lipinski definition) is 1. The molecule has 1 fully saturated rings. The summed E-state index contributed by atoms with van der Waals surface area (Å²) in [5.41, 5.74) is 4.00. The SMILES string of the molecule is CCc1c(C(=O)N[C@H](Cc2ccccc2)c2ccccc2)c(=O)cc(C)n1CCN1CCCCC1. The van der Waals surface area contributed by atoms with Crippen LogP contribution in [0.25, 0.3) is 0 Å². The normalized spacial score (nSPS) is 15.0. The van der Waals surface area contributed by atoms with Crippen LogP contribution in [0.2, 0.25) is 0 Å². The Labute approximate surface area is 208 Å². The van der Waals surface area contributed by atoms with Crippen molar-refractivity contribution in [3.63, 3.8) is 0 Å². The number of aryl methyl sites for hydroxylation is 1. The molecule has 1 atom stereocenters. The van der Waals surface area contributed by atoms with E-state index in [0.717, 1.165) is 48.7 Å². The highest BCUT2D eigenvalue weighted by molar-refractivity contribution is 5.95. The number of piperidine rings is 1. The van der Waals surface area contributed by atoms with Gasteiger partial charge in [-0.25, -0.2) is 0 Å². The van der Waals surface area contributed by atoms with Gasteiger partial charge in [0.1, 0.15) is 5.56 Å². The molecular weight excluding hydrogens is 434 g/mol. The van der Waals surface area contributed by atoms with Gasteiger partial charge in [-0.05, 0) is 56.8 Å². The number of carbonyl (C=O) groups is 1. The fraction of sp³-hybridized carbons (Fsp3) is 0.400. The summed E-state index contributed by atoms with van der Waals surface area (Å²) < 4.78 is 2.18. The van der Waals surface area contributed by atoms with Crippen molar-refractivity contribution in [3.8, 4) is 0 Å². The van der Waals surface area contributed by atoms with Crippen molar-refractivity contribution < 1.29 is 4.79 Å². The molecule has 1 aromatic heterocycles. The Morgan fingerprint density at radius 3 is 2.26 bits per heavy atom. The minimum absolute atomic E-state index is 0.197. The molecule has 0 unspecified atom stereocenters. The van der Waals surface area contributed by atoms with Crippen molar-refractivity contribution in [1.82, 2.24) is 14.8 Å². The number of pyridine rings is 1. The van der Waals surface area contributed by atoms with Gasteiger partial charge < -0.3 is 14.8 Å². The molecule has 3 aromatic rings. The fourth-order valence-corrected chi connectivity index (χ4v) is 5.19. The fourth-order valence-electron chi connectivity index (χ4n) is 5.19. The zero-order valence-electron chi connectivity index (χ0n) is 21.0. The first kappa shape index (κ1) is 24.9. The molecule has 0 aliphatic carbocycles. The van der Waals surface area contributed by atoms with Gasteiger partial charge in [0.05, 0.1) is 6.04 Å². The monoisotopic (exact) mass is 471 g/mol. The lowest BCUT2D eigenvalue weighted by Crippen LogP contribution is -2.37. The molecule has 0 radical (unpaired) electrons. The topological polar surface area (TPSA) is 54.3 Å². The summed E-state index contributed by atoms with van der Waals surface area (Å²) in [4.78, 5) is 29.3. The maximum Gasteiger partial charge on any atom is 0.257 e. The number of carbonyl (C=O) groups excluding carboxylic acids is 1. The summed E-state index contributed by atoms with van der Waals surface area (Å²) in [5, 5.41) is 3.20. The van der Waals surface area contributed by atoms with Gasteiger partial charge in [0, 0.05) is 30.5 Å². The lowest BCUT2D eigenvalue weighted by molar-refractivity contribution is 0.0933. The van der Waals surface area contributed by atoms with Crippen molar-refractivity contribution in [3.05, 3.63) is 105 Å². The van der Waals surface area contributed by atoms with Gasteiger partial charge in [0.25, 0.3) is 5.91 Å². The largest absolute Gasteiger partial charge is 0.347 e. The quantitative estimate of drug-likeness (QED) is 0.482. The first-order chi connectivity index (χ1) is 17.1. The second-order valence-electron chi connectivity index (χ2n) is 9.51. The standard InChI is InChI=1S/C30H37N3O2/c1-3-27-29(28(34)21-23(2)33(27)20-19-32-17-11-6-12-18-32)30(35)31-26(25-15-9-5-10-16-25)22-24-13-7-4-8-14-24/h4-5,7-10,13-16,21,26H,3,6,11-12,17-20,22H2,1-2H3,(H,31,35)/t26-/m1/s1. The molecule has 1 saturated heterocycles. The Morgan fingerprint density at radius 1 is 0.943 bits per heavy atom. The molecular formula is C30H37N3O2. The van der Waals surface area contributed by atoms with E-state index >= 15 is 0 Å².